The summed E-state index contributed by atoms with van der Waals surface area (Å²) in [7, 11) is 0. The summed E-state index contributed by atoms with van der Waals surface area (Å²) in [5.74, 6) is 0.514. The summed E-state index contributed by atoms with van der Waals surface area (Å²) in [5, 5.41) is 0.406. The third-order valence-electron chi connectivity index (χ3n) is 3.37. The van der Waals surface area contributed by atoms with E-state index >= 15 is 0 Å². The fraction of sp³-hybridized carbons (Fsp3) is 0.125. The van der Waals surface area contributed by atoms with Gasteiger partial charge in [-0.1, -0.05) is 18.2 Å². The number of alkyl halides is 3. The molecule has 0 aliphatic rings. The smallest absolute Gasteiger partial charge is 0.310 e. The Morgan fingerprint density at radius 3 is 2.27 bits per heavy atom. The Kier molecular flexibility index (Phi) is 3.24. The van der Waals surface area contributed by atoms with Gasteiger partial charge in [-0.25, -0.2) is 4.98 Å². The second-order valence-corrected chi connectivity index (χ2v) is 4.96. The van der Waals surface area contributed by atoms with Crippen LogP contribution in [0, 0.1) is 6.92 Å². The molecule has 0 unspecified atom stereocenters. The summed E-state index contributed by atoms with van der Waals surface area (Å²) >= 11 is 0. The number of rotatable bonds is 1. The molecule has 1 heterocycles. The molecule has 0 amide bonds. The van der Waals surface area contributed by atoms with Crippen molar-refractivity contribution in [3.05, 3.63) is 64.2 Å². The zero-order chi connectivity index (χ0) is 15.9. The number of halogens is 3. The van der Waals surface area contributed by atoms with Crippen molar-refractivity contribution in [1.82, 2.24) is 9.97 Å². The van der Waals surface area contributed by atoms with Crippen LogP contribution in [0.3, 0.4) is 0 Å². The van der Waals surface area contributed by atoms with Crippen molar-refractivity contribution in [2.75, 3.05) is 0 Å². The quantitative estimate of drug-likeness (QED) is 0.740. The van der Waals surface area contributed by atoms with Gasteiger partial charge in [-0.05, 0) is 42.3 Å². The Hall–Kier alpha value is -2.63. The SMILES string of the molecule is Cc1nc2ccc(-c3ccc(C(F)(F)F)cc3)cc2c(=O)[nH]1. The van der Waals surface area contributed by atoms with Crippen LogP contribution in [0.1, 0.15) is 11.4 Å². The van der Waals surface area contributed by atoms with Crippen LogP contribution >= 0.6 is 0 Å². The number of benzene rings is 2. The number of nitrogens with one attached hydrogen (secondary N) is 1. The molecule has 0 saturated heterocycles. The first-order valence-corrected chi connectivity index (χ1v) is 6.53. The van der Waals surface area contributed by atoms with Crippen LogP contribution in [-0.2, 0) is 6.18 Å². The molecule has 112 valence electrons. The molecule has 6 heteroatoms. The number of aromatic nitrogens is 2. The molecule has 2 aromatic carbocycles. The van der Waals surface area contributed by atoms with Crippen molar-refractivity contribution in [2.45, 2.75) is 13.1 Å². The number of hydrogen-bond acceptors (Lipinski definition) is 2. The van der Waals surface area contributed by atoms with E-state index < -0.39 is 11.7 Å². The van der Waals surface area contributed by atoms with Crippen LogP contribution in [0.15, 0.2) is 47.3 Å². The highest BCUT2D eigenvalue weighted by molar-refractivity contribution is 5.83. The predicted molar refractivity (Wildman–Crippen MR) is 77.5 cm³/mol. The third-order valence-corrected chi connectivity index (χ3v) is 3.37. The first-order chi connectivity index (χ1) is 10.3. The van der Waals surface area contributed by atoms with Gasteiger partial charge in [0, 0.05) is 0 Å². The highest BCUT2D eigenvalue weighted by Gasteiger charge is 2.29. The summed E-state index contributed by atoms with van der Waals surface area (Å²) in [6.45, 7) is 1.69. The van der Waals surface area contributed by atoms with Crippen LogP contribution in [0.2, 0.25) is 0 Å². The van der Waals surface area contributed by atoms with Crippen molar-refractivity contribution in [3.63, 3.8) is 0 Å². The number of nitrogens with zero attached hydrogens (tertiary/aromatic N) is 1. The number of aromatic amines is 1. The van der Waals surface area contributed by atoms with Gasteiger partial charge in [0.2, 0.25) is 0 Å². The zero-order valence-corrected chi connectivity index (χ0v) is 11.5. The van der Waals surface area contributed by atoms with E-state index in [1.165, 1.54) is 12.1 Å². The average Bonchev–Trinajstić information content (AvgIpc) is 2.46. The summed E-state index contributed by atoms with van der Waals surface area (Å²) in [4.78, 5) is 18.7. The van der Waals surface area contributed by atoms with Crippen molar-refractivity contribution < 1.29 is 13.2 Å². The van der Waals surface area contributed by atoms with E-state index in [1.54, 1.807) is 25.1 Å². The minimum absolute atomic E-state index is 0.267. The Labute approximate surface area is 123 Å². The number of aryl methyl sites for hydroxylation is 1. The molecule has 3 nitrogen and oxygen atoms in total. The maximum absolute atomic E-state index is 12.6. The number of H-pyrrole nitrogens is 1. The largest absolute Gasteiger partial charge is 0.416 e. The standard InChI is InChI=1S/C16H11F3N2O/c1-9-20-14-7-4-11(8-13(14)15(22)21-9)10-2-5-12(6-3-10)16(17,18)19/h2-8H,1H3,(H,20,21,22). The zero-order valence-electron chi connectivity index (χ0n) is 11.5. The van der Waals surface area contributed by atoms with Gasteiger partial charge in [-0.15, -0.1) is 0 Å². The minimum Gasteiger partial charge on any atom is -0.310 e. The molecule has 0 fully saturated rings. The van der Waals surface area contributed by atoms with Gasteiger partial charge in [-0.3, -0.25) is 4.79 Å². The topological polar surface area (TPSA) is 45.8 Å². The van der Waals surface area contributed by atoms with E-state index in [0.29, 0.717) is 27.9 Å². The van der Waals surface area contributed by atoms with E-state index in [2.05, 4.69) is 9.97 Å². The van der Waals surface area contributed by atoms with Gasteiger partial charge in [0.25, 0.3) is 5.56 Å². The lowest BCUT2D eigenvalue weighted by Gasteiger charge is -2.08. The van der Waals surface area contributed by atoms with Gasteiger partial charge in [0.15, 0.2) is 0 Å². The van der Waals surface area contributed by atoms with E-state index in [9.17, 15) is 18.0 Å². The lowest BCUT2D eigenvalue weighted by Crippen LogP contribution is -2.09. The molecule has 3 rings (SSSR count). The Balaban J connectivity index is 2.09. The van der Waals surface area contributed by atoms with Gasteiger partial charge >= 0.3 is 6.18 Å². The molecule has 0 radical (unpaired) electrons. The van der Waals surface area contributed by atoms with Crippen molar-refractivity contribution in [3.8, 4) is 11.1 Å². The van der Waals surface area contributed by atoms with E-state index in [-0.39, 0.29) is 5.56 Å². The van der Waals surface area contributed by atoms with Crippen LogP contribution in [0.25, 0.3) is 22.0 Å². The Morgan fingerprint density at radius 1 is 1.00 bits per heavy atom. The lowest BCUT2D eigenvalue weighted by molar-refractivity contribution is -0.137. The first kappa shape index (κ1) is 14.3. The predicted octanol–water partition coefficient (Wildman–Crippen LogP) is 3.92. The Bertz CT molecular complexity index is 896. The summed E-state index contributed by atoms with van der Waals surface area (Å²) < 4.78 is 37.7. The van der Waals surface area contributed by atoms with Crippen molar-refractivity contribution in [1.29, 1.82) is 0 Å². The molecule has 0 atom stereocenters. The van der Waals surface area contributed by atoms with Gasteiger partial charge < -0.3 is 4.98 Å². The molecule has 1 aromatic heterocycles. The van der Waals surface area contributed by atoms with E-state index in [4.69, 9.17) is 0 Å². The van der Waals surface area contributed by atoms with Crippen LogP contribution < -0.4 is 5.56 Å². The molecule has 22 heavy (non-hydrogen) atoms. The van der Waals surface area contributed by atoms with Crippen molar-refractivity contribution >= 4 is 10.9 Å². The monoisotopic (exact) mass is 304 g/mol. The van der Waals surface area contributed by atoms with Gasteiger partial charge in [-0.2, -0.15) is 13.2 Å². The fourth-order valence-corrected chi connectivity index (χ4v) is 2.29. The molecule has 0 aliphatic heterocycles. The maximum atomic E-state index is 12.6. The summed E-state index contributed by atoms with van der Waals surface area (Å²) in [5.41, 5.74) is 0.854. The molecular formula is C16H11F3N2O. The van der Waals surface area contributed by atoms with Gasteiger partial charge in [0.1, 0.15) is 5.82 Å². The van der Waals surface area contributed by atoms with E-state index in [1.807, 2.05) is 0 Å². The molecular weight excluding hydrogens is 293 g/mol. The number of hydrogen-bond donors (Lipinski definition) is 1. The van der Waals surface area contributed by atoms with Crippen molar-refractivity contribution in [2.24, 2.45) is 0 Å². The van der Waals surface area contributed by atoms with Crippen LogP contribution in [-0.4, -0.2) is 9.97 Å². The molecule has 0 saturated carbocycles. The molecule has 1 N–H and O–H groups in total. The highest BCUT2D eigenvalue weighted by atomic mass is 19.4. The van der Waals surface area contributed by atoms with Crippen LogP contribution in [0.4, 0.5) is 13.2 Å². The normalized spacial score (nSPS) is 11.8. The lowest BCUT2D eigenvalue weighted by atomic mass is 10.0. The molecule has 0 bridgehead atoms. The second-order valence-electron chi connectivity index (χ2n) is 4.96. The maximum Gasteiger partial charge on any atom is 0.416 e. The Morgan fingerprint density at radius 2 is 1.64 bits per heavy atom. The highest BCUT2D eigenvalue weighted by Crippen LogP contribution is 2.31. The second kappa shape index (κ2) is 4.98. The van der Waals surface area contributed by atoms with Gasteiger partial charge in [0.05, 0.1) is 16.5 Å². The molecule has 0 aliphatic carbocycles. The first-order valence-electron chi connectivity index (χ1n) is 6.53. The molecule has 3 aromatic rings. The molecule has 0 spiro atoms. The summed E-state index contributed by atoms with van der Waals surface area (Å²) in [6, 6.07) is 9.87. The minimum atomic E-state index is -4.36. The van der Waals surface area contributed by atoms with E-state index in [0.717, 1.165) is 12.1 Å². The number of fused-ring (bicyclic) bond motifs is 1. The summed E-state index contributed by atoms with van der Waals surface area (Å²) in [6.07, 6.45) is -4.36. The average molecular weight is 304 g/mol. The van der Waals surface area contributed by atoms with Crippen LogP contribution in [0.5, 0.6) is 0 Å². The third kappa shape index (κ3) is 2.59. The fourth-order valence-electron chi connectivity index (χ4n) is 2.29.